The fourth-order valence-electron chi connectivity index (χ4n) is 4.36. The first kappa shape index (κ1) is 23.0. The van der Waals surface area contributed by atoms with Crippen molar-refractivity contribution in [1.29, 1.82) is 0 Å². The molecule has 3 rings (SSSR count). The van der Waals surface area contributed by atoms with Gasteiger partial charge in [-0.1, -0.05) is 79.2 Å². The number of nitrogens with two attached hydrogens (primary N) is 2. The highest BCUT2D eigenvalue weighted by molar-refractivity contribution is 5.83. The van der Waals surface area contributed by atoms with Crippen molar-refractivity contribution in [2.24, 2.45) is 17.4 Å². The van der Waals surface area contributed by atoms with E-state index in [2.05, 4.69) is 13.2 Å². The molecule has 0 aliphatic heterocycles. The second-order valence-corrected chi connectivity index (χ2v) is 9.13. The molecule has 4 heteroatoms. The zero-order valence-electron chi connectivity index (χ0n) is 19.2. The van der Waals surface area contributed by atoms with E-state index in [1.807, 2.05) is 76.2 Å². The quantitative estimate of drug-likeness (QED) is 0.491. The lowest BCUT2D eigenvalue weighted by atomic mass is 9.78. The Morgan fingerprint density at radius 1 is 0.903 bits per heavy atom. The monoisotopic (exact) mass is 417 g/mol. The van der Waals surface area contributed by atoms with Gasteiger partial charge in [0.25, 0.3) is 0 Å². The molecule has 0 bridgehead atoms. The third kappa shape index (κ3) is 3.86. The summed E-state index contributed by atoms with van der Waals surface area (Å²) in [7, 11) is 0. The number of rotatable bonds is 7. The lowest BCUT2D eigenvalue weighted by molar-refractivity contribution is -0.152. The molecule has 1 saturated carbocycles. The van der Waals surface area contributed by atoms with Gasteiger partial charge >= 0.3 is 0 Å². The summed E-state index contributed by atoms with van der Waals surface area (Å²) in [6, 6.07) is 15.8. The van der Waals surface area contributed by atoms with E-state index >= 15 is 0 Å². The van der Waals surface area contributed by atoms with Crippen LogP contribution in [0.3, 0.4) is 0 Å². The summed E-state index contributed by atoms with van der Waals surface area (Å²) in [5, 5.41) is 0. The highest BCUT2D eigenvalue weighted by atomic mass is 16.2. The van der Waals surface area contributed by atoms with Crippen molar-refractivity contribution in [2.45, 2.75) is 58.3 Å². The van der Waals surface area contributed by atoms with E-state index in [4.69, 9.17) is 11.5 Å². The summed E-state index contributed by atoms with van der Waals surface area (Å²) < 4.78 is 0. The van der Waals surface area contributed by atoms with Gasteiger partial charge in [0, 0.05) is 5.92 Å². The Bertz CT molecular complexity index is 953. The third-order valence-corrected chi connectivity index (χ3v) is 6.60. The van der Waals surface area contributed by atoms with Crippen LogP contribution in [0.4, 0.5) is 0 Å². The number of hydrogen-bond acceptors (Lipinski definition) is 3. The normalized spacial score (nSPS) is 17.7. The number of hydrogen-bond donors (Lipinski definition) is 2. The van der Waals surface area contributed by atoms with Crippen LogP contribution >= 0.6 is 0 Å². The molecule has 2 atom stereocenters. The molecular formula is C27H35N3O. The van der Waals surface area contributed by atoms with Crippen LogP contribution in [-0.2, 0) is 16.1 Å². The fourth-order valence-corrected chi connectivity index (χ4v) is 4.36. The van der Waals surface area contributed by atoms with E-state index < -0.39 is 11.3 Å². The van der Waals surface area contributed by atoms with Gasteiger partial charge in [0.1, 0.15) is 11.3 Å². The van der Waals surface area contributed by atoms with Gasteiger partial charge in [-0.25, -0.2) is 0 Å². The minimum Gasteiger partial charge on any atom is -0.301 e. The van der Waals surface area contributed by atoms with Gasteiger partial charge in [-0.15, -0.1) is 0 Å². The fraction of sp³-hybridized carbons (Fsp3) is 0.370. The van der Waals surface area contributed by atoms with Gasteiger partial charge in [0.2, 0.25) is 5.91 Å². The van der Waals surface area contributed by atoms with Crippen LogP contribution in [0, 0.1) is 19.8 Å². The van der Waals surface area contributed by atoms with Gasteiger partial charge in [0.05, 0.1) is 0 Å². The summed E-state index contributed by atoms with van der Waals surface area (Å²) in [5.41, 5.74) is 16.7. The van der Waals surface area contributed by atoms with Crippen molar-refractivity contribution in [3.05, 3.63) is 95.1 Å². The Morgan fingerprint density at radius 2 is 1.32 bits per heavy atom. The van der Waals surface area contributed by atoms with Gasteiger partial charge in [-0.3, -0.25) is 9.69 Å². The predicted octanol–water partition coefficient (Wildman–Crippen LogP) is 5.01. The van der Waals surface area contributed by atoms with Crippen molar-refractivity contribution < 1.29 is 4.79 Å². The van der Waals surface area contributed by atoms with E-state index in [1.165, 1.54) is 0 Å². The molecule has 0 aromatic heterocycles. The lowest BCUT2D eigenvalue weighted by Gasteiger charge is -2.54. The number of benzene rings is 2. The number of amides is 1. The smallest absolute Gasteiger partial charge is 0.229 e. The molecule has 1 fully saturated rings. The van der Waals surface area contributed by atoms with Crippen LogP contribution in [-0.4, -0.2) is 10.8 Å². The van der Waals surface area contributed by atoms with Crippen molar-refractivity contribution in [2.75, 3.05) is 0 Å². The molecule has 4 N–H and O–H groups in total. The summed E-state index contributed by atoms with van der Waals surface area (Å²) in [6.45, 7) is 16.2. The second-order valence-electron chi connectivity index (χ2n) is 9.13. The minimum atomic E-state index is -1.30. The van der Waals surface area contributed by atoms with Crippen LogP contribution in [0.1, 0.15) is 55.4 Å². The lowest BCUT2D eigenvalue weighted by Crippen LogP contribution is -2.69. The van der Waals surface area contributed by atoms with Crippen LogP contribution in [0.5, 0.6) is 0 Å². The number of nitrogens with zero attached hydrogens (tertiary/aromatic N) is 1. The Hall–Kier alpha value is -2.69. The first-order valence-corrected chi connectivity index (χ1v) is 10.9. The molecule has 1 amide bonds. The first-order chi connectivity index (χ1) is 14.5. The summed E-state index contributed by atoms with van der Waals surface area (Å²) >= 11 is 0. The maximum Gasteiger partial charge on any atom is 0.229 e. The standard InChI is InChI=1S/C27H35N3O/c1-18(2)26(28,23-14-7-10-20(5)16-23)30(25(31)22-12-9-13-22)27(29,19(3)4)24-15-8-11-21(6)17-24/h7-8,10-11,14-17,22H,1,3,9,12-13,28-29H2,2,4-6H3. The van der Waals surface area contributed by atoms with Gasteiger partial charge in [-0.2, -0.15) is 0 Å². The zero-order chi connectivity index (χ0) is 23.0. The molecule has 0 radical (unpaired) electrons. The molecule has 31 heavy (non-hydrogen) atoms. The summed E-state index contributed by atoms with van der Waals surface area (Å²) in [6.07, 6.45) is 2.72. The van der Waals surface area contributed by atoms with Gasteiger partial charge < -0.3 is 11.5 Å². The highest BCUT2D eigenvalue weighted by Crippen LogP contribution is 2.44. The van der Waals surface area contributed by atoms with Gasteiger partial charge in [-0.05, 0) is 62.8 Å². The summed E-state index contributed by atoms with van der Waals surface area (Å²) in [5.74, 6) is -0.149. The molecule has 0 saturated heterocycles. The maximum atomic E-state index is 14.0. The molecule has 1 aliphatic carbocycles. The Labute approximate surface area is 186 Å². The Kier molecular flexibility index (Phi) is 6.26. The van der Waals surface area contributed by atoms with E-state index in [0.717, 1.165) is 41.5 Å². The number of carbonyl (C=O) groups is 1. The molecule has 2 unspecified atom stereocenters. The second kappa shape index (κ2) is 8.45. The zero-order valence-corrected chi connectivity index (χ0v) is 19.2. The van der Waals surface area contributed by atoms with E-state index in [1.54, 1.807) is 4.90 Å². The molecular weight excluding hydrogens is 382 g/mol. The van der Waals surface area contributed by atoms with Crippen molar-refractivity contribution in [3.63, 3.8) is 0 Å². The SMILES string of the molecule is C=C(C)C(N)(c1cccc(C)c1)N(C(=O)C1CCC1)C(N)(C(=C)C)c1cccc(C)c1. The number of aryl methyl sites for hydroxylation is 2. The molecule has 2 aromatic carbocycles. The van der Waals surface area contributed by atoms with Crippen LogP contribution in [0.15, 0.2) is 72.8 Å². The van der Waals surface area contributed by atoms with Crippen LogP contribution in [0.25, 0.3) is 0 Å². The topological polar surface area (TPSA) is 72.3 Å². The Morgan fingerprint density at radius 3 is 1.61 bits per heavy atom. The molecule has 0 spiro atoms. The molecule has 0 heterocycles. The minimum absolute atomic E-state index is 0.0507. The van der Waals surface area contributed by atoms with Crippen molar-refractivity contribution in [3.8, 4) is 0 Å². The van der Waals surface area contributed by atoms with E-state index in [-0.39, 0.29) is 11.8 Å². The van der Waals surface area contributed by atoms with Gasteiger partial charge in [0.15, 0.2) is 0 Å². The summed E-state index contributed by atoms with van der Waals surface area (Å²) in [4.78, 5) is 15.7. The maximum absolute atomic E-state index is 14.0. The molecule has 164 valence electrons. The Balaban J connectivity index is 2.34. The predicted molar refractivity (Wildman–Crippen MR) is 128 cm³/mol. The van der Waals surface area contributed by atoms with Crippen LogP contribution in [0.2, 0.25) is 0 Å². The third-order valence-electron chi connectivity index (χ3n) is 6.60. The van der Waals surface area contributed by atoms with Crippen molar-refractivity contribution in [1.82, 2.24) is 4.90 Å². The first-order valence-electron chi connectivity index (χ1n) is 10.9. The van der Waals surface area contributed by atoms with E-state index in [0.29, 0.717) is 11.1 Å². The molecule has 2 aromatic rings. The van der Waals surface area contributed by atoms with E-state index in [9.17, 15) is 4.79 Å². The largest absolute Gasteiger partial charge is 0.301 e. The number of carbonyl (C=O) groups excluding carboxylic acids is 1. The average molecular weight is 418 g/mol. The van der Waals surface area contributed by atoms with Crippen LogP contribution < -0.4 is 11.5 Å². The molecule has 4 nitrogen and oxygen atoms in total. The average Bonchev–Trinajstić information content (AvgIpc) is 2.66. The van der Waals surface area contributed by atoms with Crippen molar-refractivity contribution >= 4 is 5.91 Å². The molecule has 1 aliphatic rings. The highest BCUT2D eigenvalue weighted by Gasteiger charge is 2.52.